The van der Waals surface area contributed by atoms with Crippen LogP contribution in [0, 0.1) is 12.8 Å². The number of carbonyl (C=O) groups is 1. The van der Waals surface area contributed by atoms with Crippen LogP contribution in [0.5, 0.6) is 11.5 Å². The van der Waals surface area contributed by atoms with Gasteiger partial charge in [-0.15, -0.1) is 0 Å². The van der Waals surface area contributed by atoms with Gasteiger partial charge in [-0.05, 0) is 49.8 Å². The predicted octanol–water partition coefficient (Wildman–Crippen LogP) is 4.83. The lowest BCUT2D eigenvalue weighted by Gasteiger charge is -2.18. The number of hydrogen-bond donors (Lipinski definition) is 3. The molecule has 0 unspecified atom stereocenters. The largest absolute Gasteiger partial charge is 0.507 e. The summed E-state index contributed by atoms with van der Waals surface area (Å²) in [6.45, 7) is 4.42. The van der Waals surface area contributed by atoms with Crippen LogP contribution in [0.15, 0.2) is 30.3 Å². The molecule has 2 aromatic carbocycles. The fraction of sp³-hybridized carbons (Fsp3) is 0.435. The number of aryl methyl sites for hydroxylation is 2. The van der Waals surface area contributed by atoms with E-state index in [1.165, 1.54) is 0 Å². The highest BCUT2D eigenvalue weighted by atomic mass is 16.3. The normalized spacial score (nSPS) is 13.6. The summed E-state index contributed by atoms with van der Waals surface area (Å²) in [6.07, 6.45) is 5.86. The molecule has 1 fully saturated rings. The Morgan fingerprint density at radius 1 is 1.19 bits per heavy atom. The van der Waals surface area contributed by atoms with Crippen molar-refractivity contribution in [2.75, 3.05) is 0 Å². The second-order valence-electron chi connectivity index (χ2n) is 7.58. The highest BCUT2D eigenvalue weighted by molar-refractivity contribution is 5.82. The zero-order chi connectivity index (χ0) is 19.4. The number of phenolic OH excluding ortho intramolecular Hbond substituents is 2. The van der Waals surface area contributed by atoms with Crippen LogP contribution in [0.2, 0.25) is 0 Å². The van der Waals surface area contributed by atoms with E-state index in [9.17, 15) is 15.0 Å². The highest BCUT2D eigenvalue weighted by Gasteiger charge is 2.29. The molecule has 0 atom stereocenters. The molecule has 1 aliphatic rings. The van der Waals surface area contributed by atoms with Crippen molar-refractivity contribution >= 4 is 5.91 Å². The molecule has 1 amide bonds. The van der Waals surface area contributed by atoms with E-state index in [1.807, 2.05) is 31.2 Å². The summed E-state index contributed by atoms with van der Waals surface area (Å²) < 4.78 is 0. The van der Waals surface area contributed by atoms with Crippen LogP contribution in [0.1, 0.15) is 55.7 Å². The van der Waals surface area contributed by atoms with E-state index in [2.05, 4.69) is 12.2 Å². The lowest BCUT2D eigenvalue weighted by Crippen LogP contribution is -2.24. The fourth-order valence-electron chi connectivity index (χ4n) is 3.48. The van der Waals surface area contributed by atoms with E-state index >= 15 is 0 Å². The highest BCUT2D eigenvalue weighted by Crippen LogP contribution is 2.42. The first-order valence-corrected chi connectivity index (χ1v) is 9.92. The zero-order valence-corrected chi connectivity index (χ0v) is 16.2. The zero-order valence-electron chi connectivity index (χ0n) is 16.2. The number of aromatic hydroxyl groups is 2. The summed E-state index contributed by atoms with van der Waals surface area (Å²) in [5, 5.41) is 24.6. The lowest BCUT2D eigenvalue weighted by atomic mass is 9.93. The van der Waals surface area contributed by atoms with E-state index in [0.717, 1.165) is 60.8 Å². The first-order chi connectivity index (χ1) is 13.0. The molecule has 0 saturated heterocycles. The van der Waals surface area contributed by atoms with Gasteiger partial charge in [0.1, 0.15) is 11.5 Å². The standard InChI is InChI=1S/C23H29NO3/c1-3-4-5-8-17-13-20(25)21(18-9-6-7-15(2)12-18)22(26)19(17)14-24-23(27)16-10-11-16/h6-7,9,12-13,16,25-26H,3-5,8,10-11,14H2,1-2H3,(H,24,27). The van der Waals surface area contributed by atoms with Crippen LogP contribution in [0.3, 0.4) is 0 Å². The molecule has 0 heterocycles. The number of carbonyl (C=O) groups excluding carboxylic acids is 1. The number of unbranched alkanes of at least 4 members (excludes halogenated alkanes) is 2. The molecular formula is C23H29NO3. The van der Waals surface area contributed by atoms with Crippen LogP contribution in [-0.4, -0.2) is 16.1 Å². The SMILES string of the molecule is CCCCCc1cc(O)c(-c2cccc(C)c2)c(O)c1CNC(=O)C1CC1. The van der Waals surface area contributed by atoms with Crippen LogP contribution in [0.4, 0.5) is 0 Å². The average molecular weight is 367 g/mol. The second-order valence-corrected chi connectivity index (χ2v) is 7.58. The molecule has 1 saturated carbocycles. The van der Waals surface area contributed by atoms with Crippen molar-refractivity contribution < 1.29 is 15.0 Å². The van der Waals surface area contributed by atoms with Crippen LogP contribution in [0.25, 0.3) is 11.1 Å². The molecule has 3 N–H and O–H groups in total. The molecule has 1 aliphatic carbocycles. The minimum atomic E-state index is 0.0547. The molecule has 4 nitrogen and oxygen atoms in total. The van der Waals surface area contributed by atoms with Crippen molar-refractivity contribution in [1.82, 2.24) is 5.32 Å². The first-order valence-electron chi connectivity index (χ1n) is 9.92. The van der Waals surface area contributed by atoms with Gasteiger partial charge in [-0.25, -0.2) is 0 Å². The number of phenols is 2. The van der Waals surface area contributed by atoms with Crippen molar-refractivity contribution in [2.45, 2.75) is 58.9 Å². The van der Waals surface area contributed by atoms with Gasteiger partial charge in [0.15, 0.2) is 0 Å². The fourth-order valence-corrected chi connectivity index (χ4v) is 3.48. The van der Waals surface area contributed by atoms with Crippen molar-refractivity contribution in [3.8, 4) is 22.6 Å². The number of benzene rings is 2. The smallest absolute Gasteiger partial charge is 0.223 e. The molecule has 0 radical (unpaired) electrons. The Labute approximate surface area is 161 Å². The number of nitrogens with one attached hydrogen (secondary N) is 1. The maximum atomic E-state index is 12.1. The van der Waals surface area contributed by atoms with E-state index in [4.69, 9.17) is 0 Å². The second kappa shape index (κ2) is 8.47. The Morgan fingerprint density at radius 2 is 1.96 bits per heavy atom. The summed E-state index contributed by atoms with van der Waals surface area (Å²) in [7, 11) is 0. The maximum absolute atomic E-state index is 12.1. The Hall–Kier alpha value is -2.49. The molecule has 2 aromatic rings. The van der Waals surface area contributed by atoms with E-state index in [0.29, 0.717) is 12.1 Å². The van der Waals surface area contributed by atoms with Gasteiger partial charge in [0.2, 0.25) is 5.91 Å². The molecule has 144 valence electrons. The Balaban J connectivity index is 1.96. The predicted molar refractivity (Wildman–Crippen MR) is 108 cm³/mol. The van der Waals surface area contributed by atoms with Crippen molar-refractivity contribution in [3.63, 3.8) is 0 Å². The van der Waals surface area contributed by atoms with Gasteiger partial charge < -0.3 is 15.5 Å². The molecule has 3 rings (SSSR count). The first kappa shape index (κ1) is 19.3. The minimum Gasteiger partial charge on any atom is -0.507 e. The van der Waals surface area contributed by atoms with Gasteiger partial charge >= 0.3 is 0 Å². The Bertz CT molecular complexity index is 825. The third kappa shape index (κ3) is 4.62. The summed E-state index contributed by atoms with van der Waals surface area (Å²) in [6, 6.07) is 9.47. The topological polar surface area (TPSA) is 69.6 Å². The molecule has 27 heavy (non-hydrogen) atoms. The van der Waals surface area contributed by atoms with E-state index in [-0.39, 0.29) is 23.3 Å². The third-order valence-electron chi connectivity index (χ3n) is 5.22. The molecule has 0 spiro atoms. The van der Waals surface area contributed by atoms with Gasteiger partial charge in [-0.1, -0.05) is 49.6 Å². The number of amides is 1. The van der Waals surface area contributed by atoms with Crippen LogP contribution >= 0.6 is 0 Å². The molecule has 4 heteroatoms. The Morgan fingerprint density at radius 3 is 2.63 bits per heavy atom. The summed E-state index contributed by atoms with van der Waals surface area (Å²) in [5.41, 5.74) is 3.90. The third-order valence-corrected chi connectivity index (χ3v) is 5.22. The van der Waals surface area contributed by atoms with Crippen LogP contribution < -0.4 is 5.32 Å². The number of rotatable bonds is 8. The maximum Gasteiger partial charge on any atom is 0.223 e. The van der Waals surface area contributed by atoms with Crippen LogP contribution in [-0.2, 0) is 17.8 Å². The quantitative estimate of drug-likeness (QED) is 0.585. The lowest BCUT2D eigenvalue weighted by molar-refractivity contribution is -0.122. The molecule has 0 aromatic heterocycles. The van der Waals surface area contributed by atoms with Gasteiger partial charge in [0.05, 0.1) is 5.56 Å². The van der Waals surface area contributed by atoms with Crippen molar-refractivity contribution in [1.29, 1.82) is 0 Å². The van der Waals surface area contributed by atoms with E-state index < -0.39 is 0 Å². The monoisotopic (exact) mass is 367 g/mol. The summed E-state index contributed by atoms with van der Waals surface area (Å²) in [4.78, 5) is 12.1. The van der Waals surface area contributed by atoms with Gasteiger partial charge in [-0.2, -0.15) is 0 Å². The van der Waals surface area contributed by atoms with Gasteiger partial charge in [0, 0.05) is 18.0 Å². The van der Waals surface area contributed by atoms with Crippen molar-refractivity contribution in [2.24, 2.45) is 5.92 Å². The van der Waals surface area contributed by atoms with Gasteiger partial charge in [-0.3, -0.25) is 4.79 Å². The summed E-state index contributed by atoms with van der Waals surface area (Å²) in [5.74, 6) is 0.341. The average Bonchev–Trinajstić information content (AvgIpc) is 3.46. The minimum absolute atomic E-state index is 0.0547. The van der Waals surface area contributed by atoms with Crippen molar-refractivity contribution in [3.05, 3.63) is 47.0 Å². The Kier molecular flexibility index (Phi) is 6.04. The molecule has 0 bridgehead atoms. The summed E-state index contributed by atoms with van der Waals surface area (Å²) >= 11 is 0. The number of hydrogen-bond acceptors (Lipinski definition) is 3. The van der Waals surface area contributed by atoms with Gasteiger partial charge in [0.25, 0.3) is 0 Å². The molecule has 0 aliphatic heterocycles. The van der Waals surface area contributed by atoms with E-state index in [1.54, 1.807) is 6.07 Å². The molecular weight excluding hydrogens is 338 g/mol.